The van der Waals surface area contributed by atoms with Crippen LogP contribution in [-0.4, -0.2) is 56.3 Å². The summed E-state index contributed by atoms with van der Waals surface area (Å²) in [4.78, 5) is 41.2. The minimum atomic E-state index is -0.346. The molecule has 10 heteroatoms. The molecule has 10 nitrogen and oxygen atoms in total. The van der Waals surface area contributed by atoms with Gasteiger partial charge in [0, 0.05) is 49.4 Å². The molecule has 3 N–H and O–H groups in total. The van der Waals surface area contributed by atoms with E-state index in [0.29, 0.717) is 47.4 Å². The third kappa shape index (κ3) is 6.35. The van der Waals surface area contributed by atoms with Gasteiger partial charge >= 0.3 is 0 Å². The first kappa shape index (κ1) is 28.4. The van der Waals surface area contributed by atoms with Gasteiger partial charge in [0.2, 0.25) is 5.91 Å². The number of aromatic nitrogens is 4. The Kier molecular flexibility index (Phi) is 9.23. The molecule has 1 atom stereocenters. The molecule has 0 fully saturated rings. The lowest BCUT2D eigenvalue weighted by molar-refractivity contribution is -0.128. The lowest BCUT2D eigenvalue weighted by Gasteiger charge is -2.27. The van der Waals surface area contributed by atoms with E-state index < -0.39 is 0 Å². The summed E-state index contributed by atoms with van der Waals surface area (Å²) in [5, 5.41) is 2.82. The van der Waals surface area contributed by atoms with E-state index in [4.69, 9.17) is 15.5 Å². The number of hydrogen-bond acceptors (Lipinski definition) is 7. The highest BCUT2D eigenvalue weighted by atomic mass is 16.5. The molecular formula is C30H35N7O3. The molecule has 4 aromatic rings. The number of benzene rings is 1. The van der Waals surface area contributed by atoms with Crippen LogP contribution < -0.4 is 11.1 Å². The quantitative estimate of drug-likeness (QED) is 0.260. The third-order valence-electron chi connectivity index (χ3n) is 6.59. The summed E-state index contributed by atoms with van der Waals surface area (Å²) in [6.07, 6.45) is 10.1. The number of carbonyl (C=O) groups excluding carboxylic acids is 2. The van der Waals surface area contributed by atoms with Crippen LogP contribution in [0.2, 0.25) is 0 Å². The molecule has 3 heterocycles. The number of anilines is 2. The van der Waals surface area contributed by atoms with Gasteiger partial charge in [-0.3, -0.25) is 14.0 Å². The number of nitrogens with zero attached hydrogens (tertiary/aromatic N) is 5. The Morgan fingerprint density at radius 1 is 1.18 bits per heavy atom. The Hall–Kier alpha value is -4.57. The molecule has 0 aliphatic carbocycles. The molecule has 208 valence electrons. The summed E-state index contributed by atoms with van der Waals surface area (Å²) in [6, 6.07) is 10.5. The average molecular weight is 542 g/mol. The zero-order valence-corrected chi connectivity index (χ0v) is 23.3. The summed E-state index contributed by atoms with van der Waals surface area (Å²) < 4.78 is 6.94. The van der Waals surface area contributed by atoms with Crippen molar-refractivity contribution in [2.24, 2.45) is 0 Å². The Morgan fingerprint density at radius 2 is 1.95 bits per heavy atom. The van der Waals surface area contributed by atoms with Crippen LogP contribution >= 0.6 is 0 Å². The van der Waals surface area contributed by atoms with Crippen LogP contribution in [0.5, 0.6) is 0 Å². The maximum Gasteiger partial charge on any atom is 0.256 e. The highest BCUT2D eigenvalue weighted by molar-refractivity contribution is 6.04. The summed E-state index contributed by atoms with van der Waals surface area (Å²) in [7, 11) is 1.59. The first-order valence-electron chi connectivity index (χ1n) is 13.3. The lowest BCUT2D eigenvalue weighted by Crippen LogP contribution is -2.34. The lowest BCUT2D eigenvalue weighted by atomic mass is 10.1. The van der Waals surface area contributed by atoms with Gasteiger partial charge < -0.3 is 20.7 Å². The third-order valence-corrected chi connectivity index (χ3v) is 6.59. The van der Waals surface area contributed by atoms with Crippen molar-refractivity contribution in [3.05, 3.63) is 84.1 Å². The zero-order chi connectivity index (χ0) is 28.6. The largest absolute Gasteiger partial charge is 0.382 e. The molecular weight excluding hydrogens is 506 g/mol. The van der Waals surface area contributed by atoms with E-state index in [1.54, 1.807) is 54.9 Å². The predicted octanol–water partition coefficient (Wildman–Crippen LogP) is 4.83. The second-order valence-electron chi connectivity index (χ2n) is 9.52. The van der Waals surface area contributed by atoms with Crippen LogP contribution in [0.1, 0.15) is 54.5 Å². The fourth-order valence-electron chi connectivity index (χ4n) is 4.46. The first-order valence-corrected chi connectivity index (χ1v) is 13.3. The van der Waals surface area contributed by atoms with Crippen LogP contribution in [0.3, 0.4) is 0 Å². The molecule has 1 aromatic carbocycles. The van der Waals surface area contributed by atoms with E-state index in [-0.39, 0.29) is 17.9 Å². The van der Waals surface area contributed by atoms with Gasteiger partial charge in [0.15, 0.2) is 0 Å². The number of carbonyl (C=O) groups is 2. The van der Waals surface area contributed by atoms with Gasteiger partial charge in [0.25, 0.3) is 5.91 Å². The normalized spacial score (nSPS) is 12.1. The number of nitrogens with two attached hydrogens (primary N) is 1. The van der Waals surface area contributed by atoms with Gasteiger partial charge in [-0.1, -0.05) is 31.6 Å². The van der Waals surface area contributed by atoms with Crippen molar-refractivity contribution in [3.63, 3.8) is 0 Å². The number of amides is 2. The number of ether oxygens (including phenoxy) is 1. The van der Waals surface area contributed by atoms with E-state index in [0.717, 1.165) is 24.0 Å². The molecule has 4 rings (SSSR count). The molecule has 2 amide bonds. The Morgan fingerprint density at radius 3 is 2.65 bits per heavy atom. The van der Waals surface area contributed by atoms with Crippen LogP contribution in [0, 0.1) is 6.92 Å². The van der Waals surface area contributed by atoms with E-state index >= 15 is 0 Å². The SMILES string of the molecule is CCCCN(C(=O)/C=C/COC)C(C)c1nc(-c2ccc(C(=O)Nc3cc(C)ccn3)cc2)c2c(N)nccn12. The van der Waals surface area contributed by atoms with Crippen LogP contribution in [0.4, 0.5) is 11.6 Å². The van der Waals surface area contributed by atoms with Crippen molar-refractivity contribution in [1.82, 2.24) is 24.3 Å². The Bertz CT molecular complexity index is 1510. The predicted molar refractivity (Wildman–Crippen MR) is 156 cm³/mol. The highest BCUT2D eigenvalue weighted by Crippen LogP contribution is 2.32. The number of hydrogen-bond donors (Lipinski definition) is 2. The molecule has 0 bridgehead atoms. The molecule has 0 aliphatic heterocycles. The van der Waals surface area contributed by atoms with Gasteiger partial charge in [0.1, 0.15) is 28.7 Å². The maximum absolute atomic E-state index is 13.1. The molecule has 0 saturated heterocycles. The summed E-state index contributed by atoms with van der Waals surface area (Å²) in [5.41, 5.74) is 9.85. The minimum Gasteiger partial charge on any atom is -0.382 e. The second-order valence-corrected chi connectivity index (χ2v) is 9.52. The molecule has 0 aliphatic rings. The van der Waals surface area contributed by atoms with Gasteiger partial charge in [-0.05, 0) is 50.1 Å². The van der Waals surface area contributed by atoms with Crippen molar-refractivity contribution in [2.45, 2.75) is 39.7 Å². The number of rotatable bonds is 11. The number of aryl methyl sites for hydroxylation is 1. The zero-order valence-electron chi connectivity index (χ0n) is 23.3. The van der Waals surface area contributed by atoms with Gasteiger partial charge in [-0.15, -0.1) is 0 Å². The molecule has 0 radical (unpaired) electrons. The molecule has 0 saturated carbocycles. The smallest absolute Gasteiger partial charge is 0.256 e. The average Bonchev–Trinajstić information content (AvgIpc) is 3.34. The summed E-state index contributed by atoms with van der Waals surface area (Å²) in [5.74, 6) is 1.10. The Labute approximate surface area is 233 Å². The highest BCUT2D eigenvalue weighted by Gasteiger charge is 2.26. The number of fused-ring (bicyclic) bond motifs is 1. The van der Waals surface area contributed by atoms with Crippen LogP contribution in [-0.2, 0) is 9.53 Å². The molecule has 40 heavy (non-hydrogen) atoms. The number of nitrogens with one attached hydrogen (secondary N) is 1. The first-order chi connectivity index (χ1) is 19.3. The summed E-state index contributed by atoms with van der Waals surface area (Å²) in [6.45, 7) is 6.92. The van der Waals surface area contributed by atoms with Crippen molar-refractivity contribution in [3.8, 4) is 11.3 Å². The van der Waals surface area contributed by atoms with E-state index in [1.165, 1.54) is 0 Å². The second kappa shape index (κ2) is 13.0. The summed E-state index contributed by atoms with van der Waals surface area (Å²) >= 11 is 0. The van der Waals surface area contributed by atoms with Gasteiger partial charge in [-0.25, -0.2) is 15.0 Å². The van der Waals surface area contributed by atoms with E-state index in [9.17, 15) is 9.59 Å². The van der Waals surface area contributed by atoms with Gasteiger partial charge in [-0.2, -0.15) is 0 Å². The topological polar surface area (TPSA) is 128 Å². The number of pyridine rings is 1. The van der Waals surface area contributed by atoms with E-state index in [1.807, 2.05) is 42.5 Å². The molecule has 0 spiro atoms. The number of methoxy groups -OCH3 is 1. The number of imidazole rings is 1. The number of nitrogen functional groups attached to an aromatic ring is 1. The van der Waals surface area contributed by atoms with Crippen molar-refractivity contribution in [2.75, 3.05) is 31.3 Å². The van der Waals surface area contributed by atoms with Crippen LogP contribution in [0.15, 0.2) is 67.1 Å². The van der Waals surface area contributed by atoms with Crippen molar-refractivity contribution < 1.29 is 14.3 Å². The van der Waals surface area contributed by atoms with Crippen molar-refractivity contribution in [1.29, 1.82) is 0 Å². The fourth-order valence-corrected chi connectivity index (χ4v) is 4.46. The monoisotopic (exact) mass is 541 g/mol. The molecule has 1 unspecified atom stereocenters. The standard InChI is InChI=1S/C30H35N7O3/c1-5-6-16-36(25(38)8-7-18-40-4)21(3)29-35-26(27-28(31)33-15-17-37(27)29)22-9-11-23(12-10-22)30(39)34-24-19-20(2)13-14-32-24/h7-15,17,19,21H,5-6,16,18H2,1-4H3,(H2,31,33)(H,32,34,39)/b8-7+. The molecule has 3 aromatic heterocycles. The fraction of sp³-hybridized carbons (Fsp3) is 0.300. The maximum atomic E-state index is 13.1. The minimum absolute atomic E-state index is 0.114. The van der Waals surface area contributed by atoms with Crippen molar-refractivity contribution >= 4 is 29.0 Å². The van der Waals surface area contributed by atoms with Crippen LogP contribution in [0.25, 0.3) is 16.8 Å². The Balaban J connectivity index is 1.67. The number of unbranched alkanes of at least 4 members (excludes halogenated alkanes) is 1. The van der Waals surface area contributed by atoms with E-state index in [2.05, 4.69) is 22.2 Å². The van der Waals surface area contributed by atoms with Gasteiger partial charge in [0.05, 0.1) is 12.6 Å².